The van der Waals surface area contributed by atoms with Crippen molar-refractivity contribution in [3.05, 3.63) is 71.3 Å². The molecule has 0 unspecified atom stereocenters. The van der Waals surface area contributed by atoms with Crippen LogP contribution < -0.4 is 27.1 Å². The molecule has 1 amide bonds. The summed E-state index contributed by atoms with van der Waals surface area (Å²) in [6, 6.07) is 15.0. The number of nitrogen functional groups attached to an aromatic ring is 1. The molecule has 36 heavy (non-hydrogen) atoms. The largest absolute Gasteiger partial charge is 0.423 e. The SMILES string of the molecule is COCCNNC=Nc1ccc(C(=O)Oc2ccc3cc(C(=N)N)ccc3c2CC(N)=O)cc1.Cl.Cl. The predicted molar refractivity (Wildman–Crippen MR) is 145 cm³/mol. The summed E-state index contributed by atoms with van der Waals surface area (Å²) in [4.78, 5) is 28.7. The Bertz CT molecular complexity index is 1240. The first-order chi connectivity index (χ1) is 16.4. The molecule has 0 fully saturated rings. The highest BCUT2D eigenvalue weighted by Crippen LogP contribution is 2.30. The molecule has 0 radical (unpaired) electrons. The Kier molecular flexibility index (Phi) is 12.3. The van der Waals surface area contributed by atoms with Crippen LogP contribution in [0.3, 0.4) is 0 Å². The Morgan fingerprint density at radius 1 is 1.03 bits per heavy atom. The van der Waals surface area contributed by atoms with Crippen molar-refractivity contribution in [2.24, 2.45) is 16.5 Å². The van der Waals surface area contributed by atoms with Gasteiger partial charge < -0.3 is 26.4 Å². The molecule has 0 aliphatic rings. The summed E-state index contributed by atoms with van der Waals surface area (Å²) in [6.45, 7) is 1.19. The van der Waals surface area contributed by atoms with Crippen molar-refractivity contribution < 1.29 is 19.1 Å². The van der Waals surface area contributed by atoms with E-state index in [0.717, 1.165) is 5.39 Å². The van der Waals surface area contributed by atoms with Gasteiger partial charge in [0, 0.05) is 24.8 Å². The van der Waals surface area contributed by atoms with E-state index in [9.17, 15) is 9.59 Å². The van der Waals surface area contributed by atoms with Crippen LogP contribution in [0.2, 0.25) is 0 Å². The van der Waals surface area contributed by atoms with Gasteiger partial charge in [0.1, 0.15) is 17.9 Å². The van der Waals surface area contributed by atoms with Gasteiger partial charge in [-0.3, -0.25) is 10.2 Å². The topological polar surface area (TPSA) is 165 Å². The lowest BCUT2D eigenvalue weighted by molar-refractivity contribution is -0.117. The molecule has 3 aromatic carbocycles. The zero-order chi connectivity index (χ0) is 24.5. The molecule has 10 nitrogen and oxygen atoms in total. The molecule has 12 heteroatoms. The number of hydrazine groups is 1. The number of rotatable bonds is 11. The number of benzene rings is 3. The van der Waals surface area contributed by atoms with Gasteiger partial charge in [-0.1, -0.05) is 18.2 Å². The minimum atomic E-state index is -0.583. The summed E-state index contributed by atoms with van der Waals surface area (Å²) < 4.78 is 10.5. The van der Waals surface area contributed by atoms with Gasteiger partial charge in [0.05, 0.1) is 24.3 Å². The van der Waals surface area contributed by atoms with E-state index in [1.807, 2.05) is 0 Å². The Morgan fingerprint density at radius 3 is 2.36 bits per heavy atom. The molecule has 0 saturated heterocycles. The number of hydrogen-bond donors (Lipinski definition) is 5. The normalized spacial score (nSPS) is 10.4. The second-order valence-corrected chi connectivity index (χ2v) is 7.29. The first kappa shape index (κ1) is 30.3. The number of nitrogens with one attached hydrogen (secondary N) is 3. The Balaban J connectivity index is 0.00000324. The van der Waals surface area contributed by atoms with Crippen LogP contribution in [-0.2, 0) is 16.0 Å². The summed E-state index contributed by atoms with van der Waals surface area (Å²) in [5, 5.41) is 9.04. The van der Waals surface area contributed by atoms with Crippen molar-refractivity contribution in [1.82, 2.24) is 10.9 Å². The minimum Gasteiger partial charge on any atom is -0.423 e. The molecule has 3 rings (SSSR count). The Labute approximate surface area is 220 Å². The second kappa shape index (κ2) is 14.6. The van der Waals surface area contributed by atoms with Crippen LogP contribution in [0.1, 0.15) is 21.5 Å². The number of primary amides is 1. The zero-order valence-electron chi connectivity index (χ0n) is 19.4. The van der Waals surface area contributed by atoms with E-state index in [1.165, 1.54) is 6.34 Å². The number of amides is 1. The predicted octanol–water partition coefficient (Wildman–Crippen LogP) is 2.61. The van der Waals surface area contributed by atoms with E-state index in [-0.39, 0.29) is 42.8 Å². The maximum absolute atomic E-state index is 12.7. The lowest BCUT2D eigenvalue weighted by Gasteiger charge is -2.13. The molecule has 7 N–H and O–H groups in total. The first-order valence-electron chi connectivity index (χ1n) is 10.4. The van der Waals surface area contributed by atoms with Gasteiger partial charge in [0.2, 0.25) is 5.91 Å². The minimum absolute atomic E-state index is 0. The highest BCUT2D eigenvalue weighted by atomic mass is 35.5. The van der Waals surface area contributed by atoms with E-state index >= 15 is 0 Å². The third-order valence-electron chi connectivity index (χ3n) is 4.87. The van der Waals surface area contributed by atoms with Crippen LogP contribution >= 0.6 is 24.8 Å². The van der Waals surface area contributed by atoms with Crippen molar-refractivity contribution in [2.45, 2.75) is 6.42 Å². The second-order valence-electron chi connectivity index (χ2n) is 7.29. The number of fused-ring (bicyclic) bond motifs is 1. The summed E-state index contributed by atoms with van der Waals surface area (Å²) in [5.74, 6) is -0.978. The highest BCUT2D eigenvalue weighted by molar-refractivity contribution is 6.01. The van der Waals surface area contributed by atoms with Gasteiger partial charge in [-0.25, -0.2) is 15.2 Å². The number of amidine groups is 1. The molecule has 192 valence electrons. The summed E-state index contributed by atoms with van der Waals surface area (Å²) in [6.07, 6.45) is 1.38. The zero-order valence-corrected chi connectivity index (χ0v) is 21.1. The molecule has 0 saturated carbocycles. The average Bonchev–Trinajstić information content (AvgIpc) is 2.82. The summed E-state index contributed by atoms with van der Waals surface area (Å²) >= 11 is 0. The molecular formula is C24H28Cl2N6O4. The van der Waals surface area contributed by atoms with Crippen LogP contribution in [-0.4, -0.2) is 44.3 Å². The molecule has 3 aromatic rings. The van der Waals surface area contributed by atoms with Gasteiger partial charge >= 0.3 is 5.97 Å². The van der Waals surface area contributed by atoms with Crippen LogP contribution in [0.4, 0.5) is 5.69 Å². The third kappa shape index (κ3) is 8.21. The molecular weight excluding hydrogens is 507 g/mol. The Morgan fingerprint density at radius 2 is 1.72 bits per heavy atom. The number of nitrogens with two attached hydrogens (primary N) is 2. The summed E-state index contributed by atoms with van der Waals surface area (Å²) in [7, 11) is 1.62. The van der Waals surface area contributed by atoms with Crippen molar-refractivity contribution in [1.29, 1.82) is 5.41 Å². The van der Waals surface area contributed by atoms with Crippen molar-refractivity contribution >= 4 is 65.3 Å². The van der Waals surface area contributed by atoms with Crippen LogP contribution in [0.25, 0.3) is 10.8 Å². The monoisotopic (exact) mass is 534 g/mol. The molecule has 0 atom stereocenters. The number of carbonyl (C=O) groups excluding carboxylic acids is 2. The summed E-state index contributed by atoms with van der Waals surface area (Å²) in [5.41, 5.74) is 18.7. The van der Waals surface area contributed by atoms with E-state index in [1.54, 1.807) is 61.7 Å². The fraction of sp³-hybridized carbons (Fsp3) is 0.167. The van der Waals surface area contributed by atoms with Gasteiger partial charge in [-0.05, 0) is 47.2 Å². The molecule has 0 aliphatic carbocycles. The van der Waals surface area contributed by atoms with E-state index in [0.29, 0.717) is 40.9 Å². The number of aliphatic imine (C=N–C) groups is 1. The lowest BCUT2D eigenvalue weighted by Crippen LogP contribution is -2.33. The van der Waals surface area contributed by atoms with Gasteiger partial charge in [-0.15, -0.1) is 24.8 Å². The maximum Gasteiger partial charge on any atom is 0.343 e. The first-order valence-corrected chi connectivity index (χ1v) is 10.4. The van der Waals surface area contributed by atoms with E-state index in [2.05, 4.69) is 15.8 Å². The van der Waals surface area contributed by atoms with Crippen molar-refractivity contribution in [3.63, 3.8) is 0 Å². The third-order valence-corrected chi connectivity index (χ3v) is 4.87. The fourth-order valence-electron chi connectivity index (χ4n) is 3.21. The number of hydrogen-bond acceptors (Lipinski definition) is 7. The number of halogens is 2. The highest BCUT2D eigenvalue weighted by Gasteiger charge is 2.16. The fourth-order valence-corrected chi connectivity index (χ4v) is 3.21. The number of nitrogens with zero attached hydrogens (tertiary/aromatic N) is 1. The molecule has 0 aliphatic heterocycles. The molecule has 0 bridgehead atoms. The standard InChI is InChI=1S/C24H26N6O4.2ClH/c1-33-11-10-29-30-14-28-18-6-2-15(3-7-18)24(32)34-21-9-5-16-12-17(23(26)27)4-8-19(16)20(21)13-22(25)31;;/h2-9,12,14,29H,10-11,13H2,1H3,(H2,25,31)(H3,26,27)(H,28,30);2*1H. The quantitative estimate of drug-likeness (QED) is 0.0629. The molecule has 0 spiro atoms. The number of esters is 1. The maximum atomic E-state index is 12.7. The van der Waals surface area contributed by atoms with Crippen molar-refractivity contribution in [2.75, 3.05) is 20.3 Å². The Hall–Kier alpha value is -3.70. The average molecular weight is 535 g/mol. The van der Waals surface area contributed by atoms with Crippen LogP contribution in [0, 0.1) is 5.41 Å². The van der Waals surface area contributed by atoms with Crippen molar-refractivity contribution in [3.8, 4) is 5.75 Å². The smallest absolute Gasteiger partial charge is 0.343 e. The molecule has 0 heterocycles. The molecule has 0 aromatic heterocycles. The van der Waals surface area contributed by atoms with Crippen LogP contribution in [0.15, 0.2) is 59.6 Å². The van der Waals surface area contributed by atoms with Gasteiger partial charge in [-0.2, -0.15) is 0 Å². The van der Waals surface area contributed by atoms with Gasteiger partial charge in [0.15, 0.2) is 0 Å². The number of carbonyl (C=O) groups is 2. The van der Waals surface area contributed by atoms with E-state index in [4.69, 9.17) is 26.4 Å². The number of methoxy groups -OCH3 is 1. The number of ether oxygens (including phenoxy) is 2. The van der Waals surface area contributed by atoms with Gasteiger partial charge in [0.25, 0.3) is 0 Å². The van der Waals surface area contributed by atoms with E-state index < -0.39 is 11.9 Å². The lowest BCUT2D eigenvalue weighted by atomic mass is 9.98. The van der Waals surface area contributed by atoms with Crippen LogP contribution in [0.5, 0.6) is 5.75 Å².